The van der Waals surface area contributed by atoms with E-state index in [0.717, 1.165) is 30.4 Å². The zero-order valence-electron chi connectivity index (χ0n) is 19.9. The van der Waals surface area contributed by atoms with Crippen LogP contribution in [0.1, 0.15) is 51.2 Å². The monoisotopic (exact) mass is 498 g/mol. The number of carbonyl (C=O) groups is 2. The zero-order chi connectivity index (χ0) is 24.8. The Kier molecular flexibility index (Phi) is 8.62. The van der Waals surface area contributed by atoms with Gasteiger partial charge in [-0.05, 0) is 65.5 Å². The molecule has 34 heavy (non-hydrogen) atoms. The quantitative estimate of drug-likeness (QED) is 0.425. The van der Waals surface area contributed by atoms with Crippen molar-refractivity contribution < 1.29 is 9.59 Å². The predicted octanol–water partition coefficient (Wildman–Crippen LogP) is 6.54. The fourth-order valence-electron chi connectivity index (χ4n) is 5.03. The van der Waals surface area contributed by atoms with Crippen molar-refractivity contribution in [3.05, 3.63) is 81.9 Å². The van der Waals surface area contributed by atoms with E-state index < -0.39 is 0 Å². The summed E-state index contributed by atoms with van der Waals surface area (Å²) >= 11 is 12.3. The van der Waals surface area contributed by atoms with Gasteiger partial charge in [-0.3, -0.25) is 9.59 Å². The van der Waals surface area contributed by atoms with E-state index in [9.17, 15) is 9.59 Å². The molecule has 2 aromatic rings. The number of rotatable bonds is 7. The second kappa shape index (κ2) is 11.2. The molecule has 1 aliphatic carbocycles. The Morgan fingerprint density at radius 3 is 1.97 bits per heavy atom. The van der Waals surface area contributed by atoms with Gasteiger partial charge in [0.2, 0.25) is 11.8 Å². The van der Waals surface area contributed by atoms with Crippen LogP contribution in [0.3, 0.4) is 0 Å². The Bertz CT molecular complexity index is 1090. The standard InChI is InChI=1S/C28H32Cl2N2O2/c1-27(2)16-22(32-26(34)15-13-21-9-5-7-11-24(21)30)17-28(3,18-27)19-31-25(33)14-12-20-8-4-6-10-23(20)29/h4-15,22H,16-19H2,1-3H3,(H,31,33)(H,32,34). The summed E-state index contributed by atoms with van der Waals surface area (Å²) in [4.78, 5) is 25.1. The van der Waals surface area contributed by atoms with Gasteiger partial charge >= 0.3 is 0 Å². The van der Waals surface area contributed by atoms with Crippen molar-refractivity contribution in [1.82, 2.24) is 10.6 Å². The first kappa shape index (κ1) is 26.1. The second-order valence-corrected chi connectivity index (χ2v) is 11.0. The van der Waals surface area contributed by atoms with Crippen LogP contribution < -0.4 is 10.6 Å². The topological polar surface area (TPSA) is 58.2 Å². The summed E-state index contributed by atoms with van der Waals surface area (Å²) in [6, 6.07) is 14.8. The Labute approximate surface area is 212 Å². The van der Waals surface area contributed by atoms with Crippen molar-refractivity contribution in [3.8, 4) is 0 Å². The number of carbonyl (C=O) groups excluding carboxylic acids is 2. The molecular weight excluding hydrogens is 467 g/mol. The molecule has 0 spiro atoms. The molecule has 0 radical (unpaired) electrons. The number of amides is 2. The third-order valence-electron chi connectivity index (χ3n) is 6.12. The Balaban J connectivity index is 1.58. The highest BCUT2D eigenvalue weighted by Gasteiger charge is 2.41. The van der Waals surface area contributed by atoms with Gasteiger partial charge in [-0.1, -0.05) is 80.4 Å². The number of hydrogen-bond donors (Lipinski definition) is 2. The number of halogens is 2. The summed E-state index contributed by atoms with van der Waals surface area (Å²) in [5.41, 5.74) is 1.51. The van der Waals surface area contributed by atoms with Gasteiger partial charge in [0.15, 0.2) is 0 Å². The maximum Gasteiger partial charge on any atom is 0.244 e. The van der Waals surface area contributed by atoms with Gasteiger partial charge < -0.3 is 10.6 Å². The molecule has 0 heterocycles. The lowest BCUT2D eigenvalue weighted by Crippen LogP contribution is -2.50. The molecule has 4 nitrogen and oxygen atoms in total. The minimum atomic E-state index is -0.159. The van der Waals surface area contributed by atoms with Crippen molar-refractivity contribution in [3.63, 3.8) is 0 Å². The smallest absolute Gasteiger partial charge is 0.244 e. The molecule has 0 aromatic heterocycles. The molecule has 2 atom stereocenters. The van der Waals surface area contributed by atoms with E-state index in [1.807, 2.05) is 36.4 Å². The first-order valence-corrected chi connectivity index (χ1v) is 12.2. The van der Waals surface area contributed by atoms with Crippen LogP contribution >= 0.6 is 23.2 Å². The van der Waals surface area contributed by atoms with E-state index in [0.29, 0.717) is 16.6 Å². The summed E-state index contributed by atoms with van der Waals surface area (Å²) in [6.07, 6.45) is 9.12. The summed E-state index contributed by atoms with van der Waals surface area (Å²) in [7, 11) is 0. The van der Waals surface area contributed by atoms with E-state index >= 15 is 0 Å². The fourth-order valence-corrected chi connectivity index (χ4v) is 5.43. The zero-order valence-corrected chi connectivity index (χ0v) is 21.4. The van der Waals surface area contributed by atoms with Crippen LogP contribution in [0, 0.1) is 10.8 Å². The summed E-state index contributed by atoms with van der Waals surface area (Å²) < 4.78 is 0. The van der Waals surface area contributed by atoms with Gasteiger partial charge in [0, 0.05) is 34.8 Å². The SMILES string of the molecule is CC1(C)CC(NC(=O)C=Cc2ccccc2Cl)CC(C)(CNC(=O)C=Cc2ccccc2Cl)C1. The van der Waals surface area contributed by atoms with Gasteiger partial charge in [-0.25, -0.2) is 0 Å². The van der Waals surface area contributed by atoms with Crippen LogP contribution in [0.15, 0.2) is 60.7 Å². The molecule has 2 aromatic carbocycles. The molecule has 0 saturated heterocycles. The van der Waals surface area contributed by atoms with Crippen molar-refractivity contribution >= 4 is 47.2 Å². The maximum absolute atomic E-state index is 12.6. The molecule has 1 aliphatic rings. The molecule has 180 valence electrons. The van der Waals surface area contributed by atoms with Crippen molar-refractivity contribution in [2.75, 3.05) is 6.54 Å². The normalized spacial score (nSPS) is 22.1. The van der Waals surface area contributed by atoms with Gasteiger partial charge in [-0.15, -0.1) is 0 Å². The molecule has 2 N–H and O–H groups in total. The molecule has 1 saturated carbocycles. The molecular formula is C28H32Cl2N2O2. The van der Waals surface area contributed by atoms with Gasteiger partial charge in [-0.2, -0.15) is 0 Å². The number of hydrogen-bond acceptors (Lipinski definition) is 2. The van der Waals surface area contributed by atoms with E-state index in [1.165, 1.54) is 12.2 Å². The summed E-state index contributed by atoms with van der Waals surface area (Å²) in [5, 5.41) is 7.40. The highest BCUT2D eigenvalue weighted by atomic mass is 35.5. The summed E-state index contributed by atoms with van der Waals surface area (Å²) in [5.74, 6) is -0.301. The molecule has 2 unspecified atom stereocenters. The highest BCUT2D eigenvalue weighted by molar-refractivity contribution is 6.32. The average Bonchev–Trinajstić information content (AvgIpc) is 2.75. The average molecular weight is 499 g/mol. The largest absolute Gasteiger partial charge is 0.352 e. The Morgan fingerprint density at radius 1 is 0.882 bits per heavy atom. The lowest BCUT2D eigenvalue weighted by atomic mass is 9.62. The predicted molar refractivity (Wildman–Crippen MR) is 142 cm³/mol. The van der Waals surface area contributed by atoms with Crippen LogP contribution in [0.2, 0.25) is 10.0 Å². The van der Waals surface area contributed by atoms with Crippen molar-refractivity contribution in [1.29, 1.82) is 0 Å². The second-order valence-electron chi connectivity index (χ2n) is 10.2. The van der Waals surface area contributed by atoms with Crippen LogP contribution in [-0.2, 0) is 9.59 Å². The Morgan fingerprint density at radius 2 is 1.41 bits per heavy atom. The lowest BCUT2D eigenvalue weighted by molar-refractivity contribution is -0.119. The summed E-state index contributed by atoms with van der Waals surface area (Å²) in [6.45, 7) is 7.12. The van der Waals surface area contributed by atoms with Gasteiger partial charge in [0.05, 0.1) is 0 Å². The maximum atomic E-state index is 12.6. The van der Waals surface area contributed by atoms with E-state index in [-0.39, 0.29) is 28.7 Å². The first-order chi connectivity index (χ1) is 16.1. The molecule has 0 bridgehead atoms. The minimum Gasteiger partial charge on any atom is -0.352 e. The van der Waals surface area contributed by atoms with E-state index in [4.69, 9.17) is 23.2 Å². The van der Waals surface area contributed by atoms with Crippen LogP contribution in [0.4, 0.5) is 0 Å². The van der Waals surface area contributed by atoms with Crippen LogP contribution in [0.5, 0.6) is 0 Å². The van der Waals surface area contributed by atoms with E-state index in [1.54, 1.807) is 24.3 Å². The molecule has 6 heteroatoms. The Hall–Kier alpha value is -2.56. The van der Waals surface area contributed by atoms with Crippen molar-refractivity contribution in [2.45, 2.75) is 46.1 Å². The molecule has 0 aliphatic heterocycles. The molecule has 1 fully saturated rings. The third-order valence-corrected chi connectivity index (χ3v) is 6.81. The molecule has 2 amide bonds. The van der Waals surface area contributed by atoms with E-state index in [2.05, 4.69) is 31.4 Å². The van der Waals surface area contributed by atoms with Gasteiger partial charge in [0.1, 0.15) is 0 Å². The highest BCUT2D eigenvalue weighted by Crippen LogP contribution is 2.45. The fraction of sp³-hybridized carbons (Fsp3) is 0.357. The number of benzene rings is 2. The van der Waals surface area contributed by atoms with Gasteiger partial charge in [0.25, 0.3) is 0 Å². The van der Waals surface area contributed by atoms with Crippen LogP contribution in [-0.4, -0.2) is 24.4 Å². The minimum absolute atomic E-state index is 0.0210. The lowest BCUT2D eigenvalue weighted by Gasteiger charge is -2.46. The van der Waals surface area contributed by atoms with Crippen molar-refractivity contribution in [2.24, 2.45) is 10.8 Å². The third kappa shape index (κ3) is 7.75. The molecule has 3 rings (SSSR count). The van der Waals surface area contributed by atoms with Crippen LogP contribution in [0.25, 0.3) is 12.2 Å². The number of nitrogens with one attached hydrogen (secondary N) is 2. The first-order valence-electron chi connectivity index (χ1n) is 11.5.